The smallest absolute Gasteiger partial charge is 0.172 e. The monoisotopic (exact) mass is 350 g/mol. The van der Waals surface area contributed by atoms with Crippen molar-refractivity contribution in [3.8, 4) is 17.1 Å². The van der Waals surface area contributed by atoms with E-state index in [1.54, 1.807) is 7.11 Å². The zero-order valence-corrected chi connectivity index (χ0v) is 15.0. The van der Waals surface area contributed by atoms with Gasteiger partial charge in [-0.15, -0.1) is 21.5 Å². The van der Waals surface area contributed by atoms with Crippen LogP contribution in [0, 0.1) is 5.92 Å². The molecule has 6 heteroatoms. The van der Waals surface area contributed by atoms with E-state index in [4.69, 9.17) is 9.72 Å². The van der Waals surface area contributed by atoms with Crippen LogP contribution in [0.4, 0.5) is 0 Å². The highest BCUT2D eigenvalue weighted by atomic mass is 32.1. The van der Waals surface area contributed by atoms with E-state index in [0.717, 1.165) is 46.4 Å². The predicted octanol–water partition coefficient (Wildman–Crippen LogP) is 4.14. The number of nitrogens with zero attached hydrogens (tertiary/aromatic N) is 4. The van der Waals surface area contributed by atoms with Gasteiger partial charge in [0.1, 0.15) is 16.9 Å². The molecule has 0 radical (unpaired) electrons. The minimum atomic E-state index is 0.754. The first-order valence-corrected chi connectivity index (χ1v) is 9.34. The van der Waals surface area contributed by atoms with Gasteiger partial charge in [0.05, 0.1) is 12.5 Å². The highest BCUT2D eigenvalue weighted by molar-refractivity contribution is 7.19. The Morgan fingerprint density at radius 1 is 1.20 bits per heavy atom. The van der Waals surface area contributed by atoms with E-state index in [1.807, 2.05) is 46.3 Å². The SMILES string of the molecule is COc1ccc(-c2nnc3c4c5c(sc4ncn23)CC(C)CC5)cc1. The van der Waals surface area contributed by atoms with Gasteiger partial charge in [-0.25, -0.2) is 4.98 Å². The fourth-order valence-electron chi connectivity index (χ4n) is 3.68. The number of aryl methyl sites for hydroxylation is 1. The van der Waals surface area contributed by atoms with Crippen LogP contribution in [0.15, 0.2) is 30.6 Å². The van der Waals surface area contributed by atoms with Crippen LogP contribution < -0.4 is 4.74 Å². The van der Waals surface area contributed by atoms with Gasteiger partial charge in [0, 0.05) is 10.4 Å². The minimum absolute atomic E-state index is 0.754. The van der Waals surface area contributed by atoms with Crippen LogP contribution in [0.5, 0.6) is 5.75 Å². The summed E-state index contributed by atoms with van der Waals surface area (Å²) in [4.78, 5) is 7.27. The highest BCUT2D eigenvalue weighted by Crippen LogP contribution is 2.39. The maximum absolute atomic E-state index is 5.24. The van der Waals surface area contributed by atoms with Gasteiger partial charge in [-0.05, 0) is 55.0 Å². The third-order valence-electron chi connectivity index (χ3n) is 5.05. The molecule has 0 N–H and O–H groups in total. The molecule has 0 spiro atoms. The van der Waals surface area contributed by atoms with Crippen LogP contribution in [0.1, 0.15) is 23.8 Å². The fraction of sp³-hybridized carbons (Fsp3) is 0.316. The standard InChI is InChI=1S/C19H18N4OS/c1-11-3-8-14-15(9-11)25-19-16(14)18-22-21-17(23(18)10-20-19)12-4-6-13(24-2)7-5-12/h4-7,10-11H,3,8-9H2,1-2H3. The summed E-state index contributed by atoms with van der Waals surface area (Å²) in [7, 11) is 1.67. The molecule has 0 amide bonds. The van der Waals surface area contributed by atoms with Gasteiger partial charge in [-0.3, -0.25) is 4.40 Å². The second kappa shape index (κ2) is 5.52. The molecular weight excluding hydrogens is 332 g/mol. The van der Waals surface area contributed by atoms with E-state index in [0.29, 0.717) is 0 Å². The van der Waals surface area contributed by atoms with Gasteiger partial charge in [0.25, 0.3) is 0 Å². The first kappa shape index (κ1) is 14.8. The van der Waals surface area contributed by atoms with E-state index in [9.17, 15) is 0 Å². The van der Waals surface area contributed by atoms with Gasteiger partial charge in [-0.2, -0.15) is 0 Å². The second-order valence-electron chi connectivity index (χ2n) is 6.72. The molecule has 0 saturated carbocycles. The Labute approximate surface area is 149 Å². The third-order valence-corrected chi connectivity index (χ3v) is 6.21. The summed E-state index contributed by atoms with van der Waals surface area (Å²) in [5.41, 5.74) is 3.36. The number of hydrogen-bond donors (Lipinski definition) is 0. The van der Waals surface area contributed by atoms with E-state index >= 15 is 0 Å². The molecule has 3 aromatic heterocycles. The summed E-state index contributed by atoms with van der Waals surface area (Å²) in [6.45, 7) is 2.33. The lowest BCUT2D eigenvalue weighted by Gasteiger charge is -2.17. The first-order valence-electron chi connectivity index (χ1n) is 8.53. The van der Waals surface area contributed by atoms with E-state index in [1.165, 1.54) is 22.2 Å². The summed E-state index contributed by atoms with van der Waals surface area (Å²) >= 11 is 1.82. The Kier molecular flexibility index (Phi) is 3.28. The average Bonchev–Trinajstić information content (AvgIpc) is 3.21. The summed E-state index contributed by atoms with van der Waals surface area (Å²) in [5.74, 6) is 2.40. The lowest BCUT2D eigenvalue weighted by molar-refractivity contribution is 0.415. The summed E-state index contributed by atoms with van der Waals surface area (Å²) in [6, 6.07) is 7.89. The van der Waals surface area contributed by atoms with Gasteiger partial charge in [-0.1, -0.05) is 6.92 Å². The molecule has 0 aliphatic heterocycles. The Morgan fingerprint density at radius 3 is 2.84 bits per heavy atom. The Morgan fingerprint density at radius 2 is 2.04 bits per heavy atom. The van der Waals surface area contributed by atoms with Crippen molar-refractivity contribution in [2.45, 2.75) is 26.2 Å². The predicted molar refractivity (Wildman–Crippen MR) is 99.3 cm³/mol. The Hall–Kier alpha value is -2.47. The highest BCUT2D eigenvalue weighted by Gasteiger charge is 2.24. The van der Waals surface area contributed by atoms with Crippen molar-refractivity contribution in [3.05, 3.63) is 41.0 Å². The zero-order chi connectivity index (χ0) is 17.0. The molecule has 0 saturated heterocycles. The van der Waals surface area contributed by atoms with Gasteiger partial charge in [0.15, 0.2) is 11.5 Å². The van der Waals surface area contributed by atoms with Crippen molar-refractivity contribution in [2.24, 2.45) is 5.92 Å². The van der Waals surface area contributed by atoms with Gasteiger partial charge >= 0.3 is 0 Å². The minimum Gasteiger partial charge on any atom is -0.497 e. The molecule has 4 aromatic rings. The van der Waals surface area contributed by atoms with Gasteiger partial charge in [0.2, 0.25) is 0 Å². The third kappa shape index (κ3) is 2.24. The number of rotatable bonds is 2. The number of benzene rings is 1. The molecule has 0 fully saturated rings. The van der Waals surface area contributed by atoms with Gasteiger partial charge < -0.3 is 4.74 Å². The molecule has 5 nitrogen and oxygen atoms in total. The van der Waals surface area contributed by atoms with E-state index in [2.05, 4.69) is 17.1 Å². The van der Waals surface area contributed by atoms with E-state index < -0.39 is 0 Å². The number of thiophene rings is 1. The van der Waals surface area contributed by atoms with Crippen molar-refractivity contribution in [1.82, 2.24) is 19.6 Å². The maximum atomic E-state index is 5.24. The van der Waals surface area contributed by atoms with Crippen LogP contribution in [-0.2, 0) is 12.8 Å². The molecular formula is C19H18N4OS. The molecule has 1 aromatic carbocycles. The largest absolute Gasteiger partial charge is 0.497 e. The molecule has 1 atom stereocenters. The quantitative estimate of drug-likeness (QED) is 0.545. The van der Waals surface area contributed by atoms with Crippen molar-refractivity contribution in [1.29, 1.82) is 0 Å². The average molecular weight is 350 g/mol. The van der Waals surface area contributed by atoms with E-state index in [-0.39, 0.29) is 0 Å². The number of aromatic nitrogens is 4. The molecule has 0 bridgehead atoms. The van der Waals surface area contributed by atoms with Crippen LogP contribution in [0.3, 0.4) is 0 Å². The van der Waals surface area contributed by atoms with Crippen molar-refractivity contribution in [3.63, 3.8) is 0 Å². The molecule has 25 heavy (non-hydrogen) atoms. The number of fused-ring (bicyclic) bond motifs is 5. The van der Waals surface area contributed by atoms with Crippen molar-refractivity contribution in [2.75, 3.05) is 7.11 Å². The summed E-state index contributed by atoms with van der Waals surface area (Å²) in [6.07, 6.45) is 5.35. The van der Waals surface area contributed by atoms with Crippen LogP contribution in [-0.4, -0.2) is 26.7 Å². The Bertz CT molecular complexity index is 1080. The molecule has 126 valence electrons. The molecule has 5 rings (SSSR count). The lowest BCUT2D eigenvalue weighted by atomic mass is 9.89. The van der Waals surface area contributed by atoms with Crippen LogP contribution in [0.25, 0.3) is 27.3 Å². The van der Waals surface area contributed by atoms with Crippen LogP contribution in [0.2, 0.25) is 0 Å². The maximum Gasteiger partial charge on any atom is 0.172 e. The number of ether oxygens (including phenoxy) is 1. The zero-order valence-electron chi connectivity index (χ0n) is 14.2. The van der Waals surface area contributed by atoms with Crippen LogP contribution >= 0.6 is 11.3 Å². The normalized spacial score (nSPS) is 17.1. The fourth-order valence-corrected chi connectivity index (χ4v) is 5.02. The lowest BCUT2D eigenvalue weighted by Crippen LogP contribution is -2.08. The van der Waals surface area contributed by atoms with Crippen molar-refractivity contribution >= 4 is 27.2 Å². The second-order valence-corrected chi connectivity index (χ2v) is 7.81. The first-order chi connectivity index (χ1) is 12.2. The topological polar surface area (TPSA) is 52.3 Å². The molecule has 3 heterocycles. The molecule has 1 unspecified atom stereocenters. The summed E-state index contributed by atoms with van der Waals surface area (Å²) in [5, 5.41) is 10.2. The molecule has 1 aliphatic carbocycles. The van der Waals surface area contributed by atoms with Crippen molar-refractivity contribution < 1.29 is 4.74 Å². The Balaban J connectivity index is 1.71. The number of methoxy groups -OCH3 is 1. The number of hydrogen-bond acceptors (Lipinski definition) is 5. The molecule has 1 aliphatic rings. The summed E-state index contributed by atoms with van der Waals surface area (Å²) < 4.78 is 7.25.